The summed E-state index contributed by atoms with van der Waals surface area (Å²) in [5.41, 5.74) is 0. The van der Waals surface area contributed by atoms with Crippen molar-refractivity contribution in [2.24, 2.45) is 5.92 Å². The predicted octanol–water partition coefficient (Wildman–Crippen LogP) is 2.36. The van der Waals surface area contributed by atoms with Crippen LogP contribution in [0.15, 0.2) is 0 Å². The van der Waals surface area contributed by atoms with Crippen molar-refractivity contribution in [2.45, 2.75) is 39.0 Å². The number of anilines is 1. The van der Waals surface area contributed by atoms with Crippen LogP contribution in [0.25, 0.3) is 0 Å². The van der Waals surface area contributed by atoms with Crippen molar-refractivity contribution in [1.29, 1.82) is 0 Å². The van der Waals surface area contributed by atoms with Gasteiger partial charge in [-0.3, -0.25) is 9.69 Å². The minimum atomic E-state index is -3.59. The molecule has 0 saturated carbocycles. The van der Waals surface area contributed by atoms with Crippen LogP contribution in [0.3, 0.4) is 0 Å². The van der Waals surface area contributed by atoms with Crippen molar-refractivity contribution >= 4 is 42.1 Å². The topological polar surface area (TPSA) is 80.2 Å². The fraction of sp³-hybridized carbons (Fsp3) is 0.750. The maximum atomic E-state index is 12.0. The second-order valence-corrected chi connectivity index (χ2v) is 9.03. The van der Waals surface area contributed by atoms with Crippen LogP contribution in [-0.4, -0.2) is 36.8 Å². The van der Waals surface area contributed by atoms with E-state index in [0.29, 0.717) is 17.6 Å². The zero-order valence-electron chi connectivity index (χ0n) is 12.0. The summed E-state index contributed by atoms with van der Waals surface area (Å²) in [6.45, 7) is 4.53. The molecule has 1 unspecified atom stereocenters. The molecule has 0 aliphatic carbocycles. The minimum absolute atomic E-state index is 0.118. The molecule has 0 bridgehead atoms. The molecule has 2 rings (SSSR count). The summed E-state index contributed by atoms with van der Waals surface area (Å²) in [5.74, 6) is -0.226. The average Bonchev–Trinajstić information content (AvgIpc) is 2.96. The highest BCUT2D eigenvalue weighted by Crippen LogP contribution is 2.33. The molecule has 21 heavy (non-hydrogen) atoms. The van der Waals surface area contributed by atoms with Crippen LogP contribution in [-0.2, 0) is 13.8 Å². The Morgan fingerprint density at radius 3 is 2.62 bits per heavy atom. The third kappa shape index (κ3) is 4.14. The Labute approximate surface area is 132 Å². The van der Waals surface area contributed by atoms with Crippen molar-refractivity contribution in [2.75, 3.05) is 17.2 Å². The third-order valence-corrected chi connectivity index (χ3v) is 5.99. The quantitative estimate of drug-likeness (QED) is 0.735. The van der Waals surface area contributed by atoms with Gasteiger partial charge in [-0.05, 0) is 12.8 Å². The van der Waals surface area contributed by atoms with E-state index in [1.54, 1.807) is 0 Å². The van der Waals surface area contributed by atoms with Gasteiger partial charge in [0.15, 0.2) is 0 Å². The fourth-order valence-corrected chi connectivity index (χ4v) is 4.96. The number of carbonyl (C=O) groups excluding carboxylic acids is 1. The molecule has 0 radical (unpaired) electrons. The lowest BCUT2D eigenvalue weighted by atomic mass is 10.1. The molecule has 0 spiro atoms. The number of nitrogens with zero attached hydrogens (tertiary/aromatic N) is 3. The zero-order chi connectivity index (χ0) is 15.6. The van der Waals surface area contributed by atoms with E-state index < -0.39 is 9.05 Å². The summed E-state index contributed by atoms with van der Waals surface area (Å²) in [4.78, 5) is 13.5. The van der Waals surface area contributed by atoms with Gasteiger partial charge >= 0.3 is 0 Å². The van der Waals surface area contributed by atoms with Crippen LogP contribution in [0.1, 0.15) is 44.0 Å². The molecule has 1 aliphatic heterocycles. The predicted molar refractivity (Wildman–Crippen MR) is 83.3 cm³/mol. The van der Waals surface area contributed by atoms with Crippen molar-refractivity contribution in [3.8, 4) is 0 Å². The van der Waals surface area contributed by atoms with E-state index in [0.717, 1.165) is 17.8 Å². The Bertz CT molecular complexity index is 613. The molecule has 1 atom stereocenters. The summed E-state index contributed by atoms with van der Waals surface area (Å²) in [5, 5.41) is 9.73. The van der Waals surface area contributed by atoms with Crippen LogP contribution >= 0.6 is 22.0 Å². The van der Waals surface area contributed by atoms with E-state index in [-0.39, 0.29) is 24.0 Å². The van der Waals surface area contributed by atoms with Gasteiger partial charge in [-0.2, -0.15) is 0 Å². The summed E-state index contributed by atoms with van der Waals surface area (Å²) >= 11 is 1.41. The van der Waals surface area contributed by atoms with Gasteiger partial charge in [0.25, 0.3) is 0 Å². The van der Waals surface area contributed by atoms with E-state index in [1.807, 2.05) is 0 Å². The maximum Gasteiger partial charge on any atom is 0.232 e. The van der Waals surface area contributed by atoms with Gasteiger partial charge in [-0.15, -0.1) is 10.2 Å². The summed E-state index contributed by atoms with van der Waals surface area (Å²) < 4.78 is 22.2. The van der Waals surface area contributed by atoms with Crippen molar-refractivity contribution in [1.82, 2.24) is 10.2 Å². The van der Waals surface area contributed by atoms with Crippen molar-refractivity contribution < 1.29 is 13.2 Å². The summed E-state index contributed by atoms with van der Waals surface area (Å²) in [6, 6.07) is 0. The first-order chi connectivity index (χ1) is 9.84. The first-order valence-electron chi connectivity index (χ1n) is 6.90. The van der Waals surface area contributed by atoms with Gasteiger partial charge < -0.3 is 0 Å². The Morgan fingerprint density at radius 1 is 1.38 bits per heavy atom. The maximum absolute atomic E-state index is 12.0. The van der Waals surface area contributed by atoms with Crippen LogP contribution in [0.4, 0.5) is 5.13 Å². The fourth-order valence-electron chi connectivity index (χ4n) is 2.50. The van der Waals surface area contributed by atoms with E-state index >= 15 is 0 Å². The van der Waals surface area contributed by atoms with Gasteiger partial charge in [-0.25, -0.2) is 8.42 Å². The SMILES string of the molecule is CCC(CC)c1nnc(N2CC(CS(=O)(=O)Cl)CC2=O)s1. The molecular formula is C12H18ClN3O3S2. The average molecular weight is 352 g/mol. The Morgan fingerprint density at radius 2 is 2.05 bits per heavy atom. The smallest absolute Gasteiger partial charge is 0.232 e. The van der Waals surface area contributed by atoms with E-state index in [1.165, 1.54) is 16.2 Å². The van der Waals surface area contributed by atoms with E-state index in [2.05, 4.69) is 24.0 Å². The number of hydrogen-bond acceptors (Lipinski definition) is 6. The standard InChI is InChI=1S/C12H18ClN3O3S2/c1-3-9(4-2)11-14-15-12(20-11)16-6-8(5-10(16)17)7-21(13,18)19/h8-9H,3-7H2,1-2H3. The zero-order valence-corrected chi connectivity index (χ0v) is 14.3. The van der Waals surface area contributed by atoms with Crippen molar-refractivity contribution in [3.63, 3.8) is 0 Å². The first kappa shape index (κ1) is 16.6. The molecule has 1 fully saturated rings. The van der Waals surface area contributed by atoms with Gasteiger partial charge in [0, 0.05) is 35.5 Å². The monoisotopic (exact) mass is 351 g/mol. The molecule has 1 aromatic heterocycles. The highest BCUT2D eigenvalue weighted by molar-refractivity contribution is 8.13. The lowest BCUT2D eigenvalue weighted by Gasteiger charge is -2.11. The molecule has 1 amide bonds. The molecule has 1 aromatic rings. The van der Waals surface area contributed by atoms with Gasteiger partial charge in [0.05, 0.1) is 5.75 Å². The number of amides is 1. The normalized spacial score (nSPS) is 19.7. The van der Waals surface area contributed by atoms with Crippen LogP contribution in [0.5, 0.6) is 0 Å². The van der Waals surface area contributed by atoms with E-state index in [9.17, 15) is 13.2 Å². The summed E-state index contributed by atoms with van der Waals surface area (Å²) in [6.07, 6.45) is 2.14. The second-order valence-electron chi connectivity index (χ2n) is 5.22. The van der Waals surface area contributed by atoms with Crippen LogP contribution in [0.2, 0.25) is 0 Å². The molecule has 1 aliphatic rings. The molecule has 2 heterocycles. The Balaban J connectivity index is 2.10. The van der Waals surface area contributed by atoms with Crippen LogP contribution in [0, 0.1) is 5.92 Å². The molecular weight excluding hydrogens is 334 g/mol. The molecule has 0 N–H and O–H groups in total. The van der Waals surface area contributed by atoms with Gasteiger partial charge in [0.1, 0.15) is 5.01 Å². The highest BCUT2D eigenvalue weighted by Gasteiger charge is 2.35. The van der Waals surface area contributed by atoms with E-state index in [4.69, 9.17) is 10.7 Å². The largest absolute Gasteiger partial charge is 0.286 e. The van der Waals surface area contributed by atoms with Crippen LogP contribution < -0.4 is 4.90 Å². The number of hydrogen-bond donors (Lipinski definition) is 0. The molecule has 1 saturated heterocycles. The van der Waals surface area contributed by atoms with Gasteiger partial charge in [-0.1, -0.05) is 25.2 Å². The number of aromatic nitrogens is 2. The highest BCUT2D eigenvalue weighted by atomic mass is 35.7. The number of rotatable bonds is 6. The molecule has 6 nitrogen and oxygen atoms in total. The van der Waals surface area contributed by atoms with Crippen molar-refractivity contribution in [3.05, 3.63) is 5.01 Å². The Kier molecular flexibility index (Phi) is 5.21. The Hall–Kier alpha value is -0.730. The minimum Gasteiger partial charge on any atom is -0.286 e. The summed E-state index contributed by atoms with van der Waals surface area (Å²) in [7, 11) is 1.66. The lowest BCUT2D eigenvalue weighted by molar-refractivity contribution is -0.117. The number of halogens is 1. The molecule has 118 valence electrons. The lowest BCUT2D eigenvalue weighted by Crippen LogP contribution is -2.25. The molecule has 9 heteroatoms. The molecule has 0 aromatic carbocycles. The third-order valence-electron chi connectivity index (χ3n) is 3.64. The van der Waals surface area contributed by atoms with Gasteiger partial charge in [0.2, 0.25) is 20.1 Å². The number of carbonyl (C=O) groups is 1. The first-order valence-corrected chi connectivity index (χ1v) is 10.2. The second kappa shape index (κ2) is 6.58.